The maximum absolute atomic E-state index is 3.50. The van der Waals surface area contributed by atoms with Crippen LogP contribution in [0.4, 0.5) is 5.69 Å². The Morgan fingerprint density at radius 2 is 2.14 bits per heavy atom. The van der Waals surface area contributed by atoms with Gasteiger partial charge in [0.15, 0.2) is 0 Å². The van der Waals surface area contributed by atoms with Crippen molar-refractivity contribution in [1.82, 2.24) is 5.32 Å². The van der Waals surface area contributed by atoms with Crippen molar-refractivity contribution in [3.8, 4) is 0 Å². The van der Waals surface area contributed by atoms with Crippen molar-refractivity contribution in [2.45, 2.75) is 19.4 Å². The summed E-state index contributed by atoms with van der Waals surface area (Å²) in [4.78, 5) is 2.45. The van der Waals surface area contributed by atoms with Gasteiger partial charge < -0.3 is 10.2 Å². The van der Waals surface area contributed by atoms with E-state index in [1.54, 1.807) is 0 Å². The van der Waals surface area contributed by atoms with Gasteiger partial charge in [-0.25, -0.2) is 0 Å². The van der Waals surface area contributed by atoms with E-state index >= 15 is 0 Å². The van der Waals surface area contributed by atoms with E-state index in [2.05, 4.69) is 47.5 Å². The highest BCUT2D eigenvalue weighted by Crippen LogP contribution is 2.19. The van der Waals surface area contributed by atoms with Gasteiger partial charge in [0.2, 0.25) is 0 Å². The number of rotatable bonds is 3. The molecule has 1 aromatic rings. The van der Waals surface area contributed by atoms with Gasteiger partial charge in [0.1, 0.15) is 0 Å². The van der Waals surface area contributed by atoms with Gasteiger partial charge in [-0.05, 0) is 25.1 Å². The fourth-order valence-corrected chi connectivity index (χ4v) is 2.09. The van der Waals surface area contributed by atoms with Gasteiger partial charge in [-0.15, -0.1) is 0 Å². The van der Waals surface area contributed by atoms with Crippen molar-refractivity contribution < 1.29 is 0 Å². The Hall–Kier alpha value is -1.02. The average molecular weight is 190 g/mol. The molecule has 0 aromatic heterocycles. The average Bonchev–Trinajstić information content (AvgIpc) is 2.68. The van der Waals surface area contributed by atoms with Crippen LogP contribution in [0, 0.1) is 0 Å². The van der Waals surface area contributed by atoms with Crippen LogP contribution in [-0.2, 0) is 0 Å². The predicted molar refractivity (Wildman–Crippen MR) is 60.7 cm³/mol. The van der Waals surface area contributed by atoms with Crippen LogP contribution in [0.15, 0.2) is 30.3 Å². The molecule has 1 aliphatic rings. The molecular formula is C12H18N2. The summed E-state index contributed by atoms with van der Waals surface area (Å²) in [5.74, 6) is 0. The van der Waals surface area contributed by atoms with Crippen LogP contribution in [0.2, 0.25) is 0 Å². The highest BCUT2D eigenvalue weighted by Gasteiger charge is 2.21. The van der Waals surface area contributed by atoms with Gasteiger partial charge in [0.25, 0.3) is 0 Å². The number of benzene rings is 1. The molecule has 14 heavy (non-hydrogen) atoms. The van der Waals surface area contributed by atoms with Crippen molar-refractivity contribution in [1.29, 1.82) is 0 Å². The van der Waals surface area contributed by atoms with E-state index in [9.17, 15) is 0 Å². The number of nitrogens with one attached hydrogen (secondary N) is 1. The highest BCUT2D eigenvalue weighted by molar-refractivity contribution is 5.47. The maximum atomic E-state index is 3.50. The van der Waals surface area contributed by atoms with E-state index in [-0.39, 0.29) is 0 Å². The third-order valence-electron chi connectivity index (χ3n) is 2.80. The summed E-state index contributed by atoms with van der Waals surface area (Å²) in [7, 11) is 0. The van der Waals surface area contributed by atoms with Crippen molar-refractivity contribution in [2.75, 3.05) is 24.5 Å². The van der Waals surface area contributed by atoms with Crippen LogP contribution in [0.25, 0.3) is 0 Å². The zero-order chi connectivity index (χ0) is 9.80. The van der Waals surface area contributed by atoms with Crippen molar-refractivity contribution in [3.05, 3.63) is 30.3 Å². The minimum absolute atomic E-state index is 0.681. The number of likely N-dealkylation sites (N-methyl/N-ethyl adjacent to an activating group) is 1. The smallest absolute Gasteiger partial charge is 0.0366 e. The van der Waals surface area contributed by atoms with E-state index < -0.39 is 0 Å². The molecule has 0 amide bonds. The van der Waals surface area contributed by atoms with Crippen LogP contribution in [-0.4, -0.2) is 25.7 Å². The molecule has 2 rings (SSSR count). The zero-order valence-corrected chi connectivity index (χ0v) is 8.74. The Labute approximate surface area is 85.9 Å². The van der Waals surface area contributed by atoms with Crippen LogP contribution < -0.4 is 10.2 Å². The molecule has 1 N–H and O–H groups in total. The molecule has 1 heterocycles. The lowest BCUT2D eigenvalue weighted by Crippen LogP contribution is -2.32. The number of hydrogen-bond acceptors (Lipinski definition) is 2. The summed E-state index contributed by atoms with van der Waals surface area (Å²) in [6, 6.07) is 11.3. The number of anilines is 1. The first-order valence-corrected chi connectivity index (χ1v) is 5.43. The van der Waals surface area contributed by atoms with Gasteiger partial charge in [-0.1, -0.05) is 25.1 Å². The predicted octanol–water partition coefficient (Wildman–Crippen LogP) is 1.87. The first-order valence-electron chi connectivity index (χ1n) is 5.43. The molecule has 1 aliphatic heterocycles. The SMILES string of the molecule is CCN[C@H]1CCN(c2ccccc2)C1. The third kappa shape index (κ3) is 2.07. The molecule has 76 valence electrons. The van der Waals surface area contributed by atoms with Crippen molar-refractivity contribution in [3.63, 3.8) is 0 Å². The van der Waals surface area contributed by atoms with Gasteiger partial charge in [0.05, 0.1) is 0 Å². The van der Waals surface area contributed by atoms with Gasteiger partial charge in [-0.3, -0.25) is 0 Å². The molecule has 0 aliphatic carbocycles. The maximum Gasteiger partial charge on any atom is 0.0366 e. The Bertz CT molecular complexity index is 271. The standard InChI is InChI=1S/C12H18N2/c1-2-13-11-8-9-14(10-11)12-6-4-3-5-7-12/h3-7,11,13H,2,8-10H2,1H3/t11-/m0/s1. The molecule has 0 spiro atoms. The Balaban J connectivity index is 1.96. The first kappa shape index (κ1) is 9.53. The monoisotopic (exact) mass is 190 g/mol. The summed E-state index contributed by atoms with van der Waals surface area (Å²) in [5, 5.41) is 3.50. The Kier molecular flexibility index (Phi) is 3.04. The second kappa shape index (κ2) is 4.47. The summed E-state index contributed by atoms with van der Waals surface area (Å²) >= 11 is 0. The van der Waals surface area contributed by atoms with Crippen molar-refractivity contribution in [2.24, 2.45) is 0 Å². The highest BCUT2D eigenvalue weighted by atomic mass is 15.2. The lowest BCUT2D eigenvalue weighted by Gasteiger charge is -2.18. The second-order valence-electron chi connectivity index (χ2n) is 3.82. The summed E-state index contributed by atoms with van der Waals surface area (Å²) in [6.45, 7) is 5.58. The van der Waals surface area contributed by atoms with Gasteiger partial charge in [0, 0.05) is 24.8 Å². The topological polar surface area (TPSA) is 15.3 Å². The molecule has 1 fully saturated rings. The van der Waals surface area contributed by atoms with Gasteiger partial charge in [-0.2, -0.15) is 0 Å². The molecule has 1 saturated heterocycles. The molecule has 0 saturated carbocycles. The van der Waals surface area contributed by atoms with Crippen molar-refractivity contribution >= 4 is 5.69 Å². The lowest BCUT2D eigenvalue weighted by molar-refractivity contribution is 0.572. The van der Waals surface area contributed by atoms with E-state index in [1.165, 1.54) is 18.7 Å². The molecule has 2 nitrogen and oxygen atoms in total. The molecule has 2 heteroatoms. The minimum Gasteiger partial charge on any atom is -0.370 e. The molecular weight excluding hydrogens is 172 g/mol. The molecule has 0 bridgehead atoms. The Morgan fingerprint density at radius 3 is 2.86 bits per heavy atom. The first-order chi connectivity index (χ1) is 6.90. The number of nitrogens with zero attached hydrogens (tertiary/aromatic N) is 1. The summed E-state index contributed by atoms with van der Waals surface area (Å²) in [6.07, 6.45) is 1.27. The van der Waals surface area contributed by atoms with Crippen LogP contribution in [0.5, 0.6) is 0 Å². The zero-order valence-electron chi connectivity index (χ0n) is 8.74. The lowest BCUT2D eigenvalue weighted by atomic mass is 10.2. The van der Waals surface area contributed by atoms with Crippen LogP contribution in [0.3, 0.4) is 0 Å². The van der Waals surface area contributed by atoms with E-state index in [4.69, 9.17) is 0 Å². The molecule has 0 unspecified atom stereocenters. The van der Waals surface area contributed by atoms with E-state index in [1.807, 2.05) is 0 Å². The van der Waals surface area contributed by atoms with E-state index in [0.717, 1.165) is 13.1 Å². The largest absolute Gasteiger partial charge is 0.370 e. The Morgan fingerprint density at radius 1 is 1.36 bits per heavy atom. The quantitative estimate of drug-likeness (QED) is 0.783. The van der Waals surface area contributed by atoms with Crippen LogP contribution >= 0.6 is 0 Å². The normalized spacial score (nSPS) is 21.5. The molecule has 1 aromatic carbocycles. The van der Waals surface area contributed by atoms with Crippen LogP contribution in [0.1, 0.15) is 13.3 Å². The fourth-order valence-electron chi connectivity index (χ4n) is 2.09. The van der Waals surface area contributed by atoms with E-state index in [0.29, 0.717) is 6.04 Å². The minimum atomic E-state index is 0.681. The molecule has 0 radical (unpaired) electrons. The number of para-hydroxylation sites is 1. The number of hydrogen-bond donors (Lipinski definition) is 1. The second-order valence-corrected chi connectivity index (χ2v) is 3.82. The fraction of sp³-hybridized carbons (Fsp3) is 0.500. The third-order valence-corrected chi connectivity index (χ3v) is 2.80. The van der Waals surface area contributed by atoms with Gasteiger partial charge >= 0.3 is 0 Å². The summed E-state index contributed by atoms with van der Waals surface area (Å²) < 4.78 is 0. The summed E-state index contributed by atoms with van der Waals surface area (Å²) in [5.41, 5.74) is 1.35. The molecule has 1 atom stereocenters.